The number of rotatable bonds is 32. The van der Waals surface area contributed by atoms with E-state index in [9.17, 15) is 0 Å². The molecule has 268 valence electrons. The molecule has 0 atom stereocenters. The molecule has 0 fully saturated rings. The van der Waals surface area contributed by atoms with Gasteiger partial charge < -0.3 is 46.5 Å². The second kappa shape index (κ2) is 33.0. The molecule has 0 aliphatic rings. The van der Waals surface area contributed by atoms with Crippen LogP contribution in [0.1, 0.15) is 68.2 Å². The lowest BCUT2D eigenvalue weighted by atomic mass is 10.4. The summed E-state index contributed by atoms with van der Waals surface area (Å²) in [6.45, 7) is 35.8. The molecule has 0 rings (SSSR count). The van der Waals surface area contributed by atoms with Gasteiger partial charge in [-0.25, -0.2) is 0 Å². The van der Waals surface area contributed by atoms with Crippen LogP contribution >= 0.6 is 0 Å². The molecule has 0 aliphatic heterocycles. The maximum absolute atomic E-state index is 6.08. The van der Waals surface area contributed by atoms with Crippen LogP contribution in [0.3, 0.4) is 0 Å². The van der Waals surface area contributed by atoms with Gasteiger partial charge in [0.2, 0.25) is 0 Å². The molecule has 0 saturated heterocycles. The standard InChI is InChI=1S/2C16H37NO4Si/c2*1-6-17(7-2)11-10-16-22(5,20-14-12-18-8-3)21-15-13-19-9-4/h2*6-16H2,1-5H3. The molecule has 0 aromatic rings. The fourth-order valence-electron chi connectivity index (χ4n) is 4.54. The molecule has 10 nitrogen and oxygen atoms in total. The third kappa shape index (κ3) is 28.3. The molecule has 44 heavy (non-hydrogen) atoms. The average molecular weight is 671 g/mol. The summed E-state index contributed by atoms with van der Waals surface area (Å²) in [4.78, 5) is 4.88. The summed E-state index contributed by atoms with van der Waals surface area (Å²) < 4.78 is 45.7. The van der Waals surface area contributed by atoms with Crippen molar-refractivity contribution in [3.63, 3.8) is 0 Å². The van der Waals surface area contributed by atoms with Crippen molar-refractivity contribution in [3.05, 3.63) is 0 Å². The number of ether oxygens (including phenoxy) is 4. The van der Waals surface area contributed by atoms with Crippen LogP contribution in [0.2, 0.25) is 25.2 Å². The van der Waals surface area contributed by atoms with Crippen molar-refractivity contribution in [2.45, 2.75) is 93.4 Å². The zero-order valence-corrected chi connectivity index (χ0v) is 32.7. The highest BCUT2D eigenvalue weighted by molar-refractivity contribution is 6.66. The molecular formula is C32H74N2O8Si2. The van der Waals surface area contributed by atoms with Gasteiger partial charge in [-0.2, -0.15) is 0 Å². The molecule has 0 spiro atoms. The first kappa shape index (κ1) is 46.2. The molecule has 0 heterocycles. The Morgan fingerprint density at radius 2 is 0.636 bits per heavy atom. The number of nitrogens with zero attached hydrogens (tertiary/aromatic N) is 2. The molecular weight excluding hydrogens is 597 g/mol. The highest BCUT2D eigenvalue weighted by Crippen LogP contribution is 2.18. The minimum Gasteiger partial charge on any atom is -0.392 e. The third-order valence-electron chi connectivity index (χ3n) is 7.36. The molecule has 0 amide bonds. The first-order valence-electron chi connectivity index (χ1n) is 17.5. The first-order valence-corrected chi connectivity index (χ1v) is 22.6. The quantitative estimate of drug-likeness (QED) is 0.0648. The van der Waals surface area contributed by atoms with Gasteiger partial charge in [-0.15, -0.1) is 0 Å². The van der Waals surface area contributed by atoms with Crippen molar-refractivity contribution >= 4 is 17.1 Å². The van der Waals surface area contributed by atoms with Crippen LogP contribution in [-0.2, 0) is 36.7 Å². The molecule has 0 radical (unpaired) electrons. The van der Waals surface area contributed by atoms with E-state index < -0.39 is 17.1 Å². The van der Waals surface area contributed by atoms with E-state index in [1.807, 2.05) is 27.7 Å². The molecule has 0 saturated carbocycles. The summed E-state index contributed by atoms with van der Waals surface area (Å²) in [5, 5.41) is 0. The Labute approximate surface area is 275 Å². The van der Waals surface area contributed by atoms with Crippen LogP contribution < -0.4 is 0 Å². The van der Waals surface area contributed by atoms with E-state index in [4.69, 9.17) is 36.7 Å². The molecule has 0 bridgehead atoms. The summed E-state index contributed by atoms with van der Waals surface area (Å²) in [6, 6.07) is 2.03. The van der Waals surface area contributed by atoms with Crippen LogP contribution in [0.15, 0.2) is 0 Å². The Hall–Kier alpha value is 0.0338. The van der Waals surface area contributed by atoms with Crippen LogP contribution in [0.5, 0.6) is 0 Å². The van der Waals surface area contributed by atoms with Gasteiger partial charge in [0.25, 0.3) is 0 Å². The van der Waals surface area contributed by atoms with Gasteiger partial charge in [-0.1, -0.05) is 27.7 Å². The SMILES string of the molecule is CCOCCO[Si](C)(CCCN(CC)CC)OCCOCC.CCOCCO[Si](C)(CCCN(CC)CC)OCCOCC. The Kier molecular flexibility index (Phi) is 34.6. The third-order valence-corrected chi connectivity index (χ3v) is 13.1. The van der Waals surface area contributed by atoms with E-state index in [1.165, 1.54) is 0 Å². The normalized spacial score (nSPS) is 12.3. The summed E-state index contributed by atoms with van der Waals surface area (Å²) in [7, 11) is -4.26. The number of hydrogen-bond acceptors (Lipinski definition) is 10. The van der Waals surface area contributed by atoms with Crippen molar-refractivity contribution in [1.29, 1.82) is 0 Å². The van der Waals surface area contributed by atoms with Crippen LogP contribution in [-0.4, -0.2) is 145 Å². The zero-order chi connectivity index (χ0) is 33.4. The van der Waals surface area contributed by atoms with E-state index in [1.54, 1.807) is 0 Å². The lowest BCUT2D eigenvalue weighted by Gasteiger charge is -2.28. The summed E-state index contributed by atoms with van der Waals surface area (Å²) >= 11 is 0. The van der Waals surface area contributed by atoms with Gasteiger partial charge in [0.15, 0.2) is 0 Å². The van der Waals surface area contributed by atoms with Gasteiger partial charge in [0, 0.05) is 26.4 Å². The van der Waals surface area contributed by atoms with E-state index >= 15 is 0 Å². The van der Waals surface area contributed by atoms with Gasteiger partial charge in [-0.3, -0.25) is 0 Å². The fraction of sp³-hybridized carbons (Fsp3) is 1.00. The predicted octanol–water partition coefficient (Wildman–Crippen LogP) is 5.79. The maximum atomic E-state index is 6.08. The predicted molar refractivity (Wildman–Crippen MR) is 187 cm³/mol. The molecule has 0 aromatic heterocycles. The Balaban J connectivity index is 0. The zero-order valence-electron chi connectivity index (χ0n) is 30.7. The average Bonchev–Trinajstić information content (AvgIpc) is 3.03. The Morgan fingerprint density at radius 3 is 0.841 bits per heavy atom. The van der Waals surface area contributed by atoms with Gasteiger partial charge in [0.1, 0.15) is 0 Å². The molecule has 12 heteroatoms. The molecule has 0 aromatic carbocycles. The summed E-state index contributed by atoms with van der Waals surface area (Å²) in [5.74, 6) is 0. The largest absolute Gasteiger partial charge is 0.392 e. The van der Waals surface area contributed by atoms with Crippen LogP contribution in [0, 0.1) is 0 Å². The van der Waals surface area contributed by atoms with E-state index in [2.05, 4.69) is 50.6 Å². The summed E-state index contributed by atoms with van der Waals surface area (Å²) in [6.07, 6.45) is 2.24. The fourth-order valence-corrected chi connectivity index (χ4v) is 8.95. The Bertz CT molecular complexity index is 504. The van der Waals surface area contributed by atoms with Crippen molar-refractivity contribution in [2.75, 3.05) is 119 Å². The van der Waals surface area contributed by atoms with Crippen molar-refractivity contribution in [1.82, 2.24) is 9.80 Å². The second-order valence-electron chi connectivity index (χ2n) is 10.7. The van der Waals surface area contributed by atoms with Crippen molar-refractivity contribution in [3.8, 4) is 0 Å². The molecule has 0 unspecified atom stereocenters. The lowest BCUT2D eigenvalue weighted by molar-refractivity contribution is 0.0659. The Morgan fingerprint density at radius 1 is 0.386 bits per heavy atom. The van der Waals surface area contributed by atoms with Gasteiger partial charge in [0.05, 0.1) is 52.9 Å². The van der Waals surface area contributed by atoms with E-state index in [-0.39, 0.29) is 0 Å². The summed E-state index contributed by atoms with van der Waals surface area (Å²) in [5.41, 5.74) is 0. The highest BCUT2D eigenvalue weighted by Gasteiger charge is 2.32. The topological polar surface area (TPSA) is 80.3 Å². The molecule has 0 N–H and O–H groups in total. The van der Waals surface area contributed by atoms with Crippen LogP contribution in [0.4, 0.5) is 0 Å². The lowest BCUT2D eigenvalue weighted by Crippen LogP contribution is -2.41. The van der Waals surface area contributed by atoms with Crippen LogP contribution in [0.25, 0.3) is 0 Å². The first-order chi connectivity index (χ1) is 21.2. The minimum atomic E-state index is -2.13. The number of hydrogen-bond donors (Lipinski definition) is 0. The second-order valence-corrected chi connectivity index (χ2v) is 17.4. The maximum Gasteiger partial charge on any atom is 0.335 e. The van der Waals surface area contributed by atoms with Crippen molar-refractivity contribution in [2.24, 2.45) is 0 Å². The van der Waals surface area contributed by atoms with Gasteiger partial charge >= 0.3 is 17.1 Å². The van der Waals surface area contributed by atoms with Gasteiger partial charge in [-0.05, 0) is 105 Å². The minimum absolute atomic E-state index is 0.621. The smallest absolute Gasteiger partial charge is 0.335 e. The highest BCUT2D eigenvalue weighted by atomic mass is 28.4. The van der Waals surface area contributed by atoms with Crippen molar-refractivity contribution < 1.29 is 36.7 Å². The van der Waals surface area contributed by atoms with E-state index in [0.717, 1.165) is 90.6 Å². The molecule has 0 aliphatic carbocycles. The van der Waals surface area contributed by atoms with E-state index in [0.29, 0.717) is 52.9 Å². The monoisotopic (exact) mass is 670 g/mol.